The monoisotopic (exact) mass is 249 g/mol. The quantitative estimate of drug-likeness (QED) is 0.805. The van der Waals surface area contributed by atoms with Crippen LogP contribution in [0.2, 0.25) is 0 Å². The number of rotatable bonds is 6. The van der Waals surface area contributed by atoms with Crippen LogP contribution in [-0.2, 0) is 6.54 Å². The largest absolute Gasteiger partial charge is 0.357 e. The topological polar surface area (TPSA) is 44.3 Å². The summed E-state index contributed by atoms with van der Waals surface area (Å²) in [5.74, 6) is 0.953. The summed E-state index contributed by atoms with van der Waals surface area (Å²) in [7, 11) is 4.00. The number of nitrogens with zero attached hydrogens (tertiary/aromatic N) is 4. The molecule has 5 nitrogen and oxygen atoms in total. The Hall–Kier alpha value is -1.20. The Morgan fingerprint density at radius 2 is 2.06 bits per heavy atom. The zero-order valence-electron chi connectivity index (χ0n) is 11.4. The molecule has 1 aliphatic heterocycles. The van der Waals surface area contributed by atoms with Crippen molar-refractivity contribution in [1.29, 1.82) is 0 Å². The molecular weight excluding hydrogens is 226 g/mol. The van der Waals surface area contributed by atoms with Crippen molar-refractivity contribution in [2.75, 3.05) is 45.2 Å². The molecule has 0 unspecified atom stereocenters. The number of hydrogen-bond donors (Lipinski definition) is 1. The van der Waals surface area contributed by atoms with Crippen molar-refractivity contribution in [3.8, 4) is 0 Å². The van der Waals surface area contributed by atoms with Crippen molar-refractivity contribution in [2.45, 2.75) is 19.4 Å². The lowest BCUT2D eigenvalue weighted by Crippen LogP contribution is -2.31. The Morgan fingerprint density at radius 3 is 2.67 bits per heavy atom. The van der Waals surface area contributed by atoms with Crippen LogP contribution in [0, 0.1) is 0 Å². The minimum atomic E-state index is 0.769. The molecule has 1 fully saturated rings. The highest BCUT2D eigenvalue weighted by Gasteiger charge is 2.12. The Morgan fingerprint density at radius 1 is 1.28 bits per heavy atom. The van der Waals surface area contributed by atoms with E-state index in [9.17, 15) is 0 Å². The fraction of sp³-hybridized carbons (Fsp3) is 0.692. The molecule has 0 saturated carbocycles. The first-order valence-electron chi connectivity index (χ1n) is 6.70. The summed E-state index contributed by atoms with van der Waals surface area (Å²) < 4.78 is 0. The van der Waals surface area contributed by atoms with Gasteiger partial charge >= 0.3 is 0 Å². The third-order valence-electron chi connectivity index (χ3n) is 3.41. The van der Waals surface area contributed by atoms with E-state index in [4.69, 9.17) is 0 Å². The molecule has 0 radical (unpaired) electrons. The summed E-state index contributed by atoms with van der Waals surface area (Å²) in [4.78, 5) is 4.69. The minimum Gasteiger partial charge on any atom is -0.357 e. The summed E-state index contributed by atoms with van der Waals surface area (Å²) in [5, 5.41) is 11.5. The third-order valence-corrected chi connectivity index (χ3v) is 3.41. The first-order valence-corrected chi connectivity index (χ1v) is 6.70. The van der Waals surface area contributed by atoms with Crippen LogP contribution in [0.5, 0.6) is 0 Å². The molecule has 0 amide bonds. The predicted molar refractivity (Wildman–Crippen MR) is 73.7 cm³/mol. The summed E-state index contributed by atoms with van der Waals surface area (Å²) in [6.45, 7) is 5.41. The lowest BCUT2D eigenvalue weighted by Gasteiger charge is -2.21. The molecule has 0 spiro atoms. The molecule has 0 aliphatic carbocycles. The standard InChI is InChI=1S/C13H23N5/c1-14-11-12-5-6-13(16-15-12)17(2)9-10-18-7-3-4-8-18/h5-6,14H,3-4,7-11H2,1-2H3. The average molecular weight is 249 g/mol. The van der Waals surface area contributed by atoms with E-state index in [-0.39, 0.29) is 0 Å². The Kier molecular flexibility index (Phi) is 4.90. The fourth-order valence-electron chi connectivity index (χ4n) is 2.24. The maximum Gasteiger partial charge on any atom is 0.151 e. The van der Waals surface area contributed by atoms with Crippen LogP contribution in [0.4, 0.5) is 5.82 Å². The van der Waals surface area contributed by atoms with Crippen LogP contribution in [0.3, 0.4) is 0 Å². The maximum absolute atomic E-state index is 4.26. The van der Waals surface area contributed by atoms with E-state index in [1.165, 1.54) is 25.9 Å². The number of aromatic nitrogens is 2. The van der Waals surface area contributed by atoms with Gasteiger partial charge in [0, 0.05) is 26.7 Å². The highest BCUT2D eigenvalue weighted by atomic mass is 15.3. The first-order chi connectivity index (χ1) is 8.79. The number of nitrogens with one attached hydrogen (secondary N) is 1. The number of hydrogen-bond acceptors (Lipinski definition) is 5. The normalized spacial score (nSPS) is 16.1. The second-order valence-electron chi connectivity index (χ2n) is 4.88. The highest BCUT2D eigenvalue weighted by molar-refractivity contribution is 5.36. The van der Waals surface area contributed by atoms with E-state index in [2.05, 4.69) is 32.4 Å². The summed E-state index contributed by atoms with van der Waals surface area (Å²) >= 11 is 0. The van der Waals surface area contributed by atoms with Gasteiger partial charge in [-0.3, -0.25) is 0 Å². The smallest absolute Gasteiger partial charge is 0.151 e. The first kappa shape index (κ1) is 13.2. The molecular formula is C13H23N5. The van der Waals surface area contributed by atoms with E-state index in [0.717, 1.165) is 31.1 Å². The van der Waals surface area contributed by atoms with Crippen molar-refractivity contribution in [3.63, 3.8) is 0 Å². The van der Waals surface area contributed by atoms with Crippen molar-refractivity contribution in [1.82, 2.24) is 20.4 Å². The third kappa shape index (κ3) is 3.65. The van der Waals surface area contributed by atoms with Gasteiger partial charge < -0.3 is 15.1 Å². The molecule has 100 valence electrons. The van der Waals surface area contributed by atoms with Gasteiger partial charge in [0.05, 0.1) is 5.69 Å². The van der Waals surface area contributed by atoms with Crippen molar-refractivity contribution >= 4 is 5.82 Å². The van der Waals surface area contributed by atoms with Crippen LogP contribution in [-0.4, -0.2) is 55.4 Å². The molecule has 2 heterocycles. The second-order valence-corrected chi connectivity index (χ2v) is 4.88. The zero-order chi connectivity index (χ0) is 12.8. The number of likely N-dealkylation sites (N-methyl/N-ethyl adjacent to an activating group) is 1. The lowest BCUT2D eigenvalue weighted by molar-refractivity contribution is 0.346. The van der Waals surface area contributed by atoms with Gasteiger partial charge in [-0.15, -0.1) is 5.10 Å². The van der Waals surface area contributed by atoms with E-state index in [0.29, 0.717) is 0 Å². The van der Waals surface area contributed by atoms with Gasteiger partial charge in [-0.05, 0) is 45.1 Å². The van der Waals surface area contributed by atoms with Gasteiger partial charge in [-0.1, -0.05) is 0 Å². The number of anilines is 1. The van der Waals surface area contributed by atoms with Crippen LogP contribution in [0.15, 0.2) is 12.1 Å². The Labute approximate surface area is 109 Å². The van der Waals surface area contributed by atoms with Crippen LogP contribution in [0.25, 0.3) is 0 Å². The molecule has 5 heteroatoms. The molecule has 2 rings (SSSR count). The molecule has 1 aromatic rings. The van der Waals surface area contributed by atoms with E-state index in [1.807, 2.05) is 19.2 Å². The minimum absolute atomic E-state index is 0.769. The zero-order valence-corrected chi connectivity index (χ0v) is 11.4. The molecule has 0 bridgehead atoms. The number of likely N-dealkylation sites (tertiary alicyclic amines) is 1. The van der Waals surface area contributed by atoms with Crippen LogP contribution < -0.4 is 10.2 Å². The predicted octanol–water partition coefficient (Wildman–Crippen LogP) is 0.728. The van der Waals surface area contributed by atoms with Gasteiger partial charge in [0.1, 0.15) is 0 Å². The molecule has 1 aromatic heterocycles. The Balaban J connectivity index is 1.81. The van der Waals surface area contributed by atoms with Crippen molar-refractivity contribution < 1.29 is 0 Å². The molecule has 1 N–H and O–H groups in total. The fourth-order valence-corrected chi connectivity index (χ4v) is 2.24. The molecule has 0 atom stereocenters. The Bertz CT molecular complexity index is 345. The maximum atomic E-state index is 4.26. The van der Waals surface area contributed by atoms with Crippen LogP contribution in [0.1, 0.15) is 18.5 Å². The SMILES string of the molecule is CNCc1ccc(N(C)CCN2CCCC2)nn1. The van der Waals surface area contributed by atoms with Gasteiger partial charge in [0.25, 0.3) is 0 Å². The van der Waals surface area contributed by atoms with Gasteiger partial charge in [-0.2, -0.15) is 5.10 Å². The van der Waals surface area contributed by atoms with Gasteiger partial charge in [0.15, 0.2) is 5.82 Å². The highest BCUT2D eigenvalue weighted by Crippen LogP contribution is 2.10. The van der Waals surface area contributed by atoms with E-state index < -0.39 is 0 Å². The van der Waals surface area contributed by atoms with E-state index in [1.54, 1.807) is 0 Å². The average Bonchev–Trinajstić information content (AvgIpc) is 2.90. The van der Waals surface area contributed by atoms with Gasteiger partial charge in [0.2, 0.25) is 0 Å². The summed E-state index contributed by atoms with van der Waals surface area (Å²) in [6, 6.07) is 4.08. The summed E-state index contributed by atoms with van der Waals surface area (Å²) in [5.41, 5.74) is 0.981. The summed E-state index contributed by atoms with van der Waals surface area (Å²) in [6.07, 6.45) is 2.70. The molecule has 18 heavy (non-hydrogen) atoms. The van der Waals surface area contributed by atoms with Crippen molar-refractivity contribution in [3.05, 3.63) is 17.8 Å². The second kappa shape index (κ2) is 6.66. The molecule has 0 aromatic carbocycles. The van der Waals surface area contributed by atoms with E-state index >= 15 is 0 Å². The lowest BCUT2D eigenvalue weighted by atomic mass is 10.3. The van der Waals surface area contributed by atoms with Gasteiger partial charge in [-0.25, -0.2) is 0 Å². The molecule has 1 saturated heterocycles. The molecule has 1 aliphatic rings. The van der Waals surface area contributed by atoms with Crippen LogP contribution >= 0.6 is 0 Å². The van der Waals surface area contributed by atoms with Crippen molar-refractivity contribution in [2.24, 2.45) is 0 Å².